The molecular formula is C19H25ClFN3O2. The van der Waals surface area contributed by atoms with Gasteiger partial charge < -0.3 is 10.1 Å². The van der Waals surface area contributed by atoms with Crippen molar-refractivity contribution in [1.29, 1.82) is 0 Å². The maximum absolute atomic E-state index is 12.2. The van der Waals surface area contributed by atoms with E-state index in [0.29, 0.717) is 36.7 Å². The lowest BCUT2D eigenvalue weighted by atomic mass is 9.73. The molecule has 0 aliphatic heterocycles. The summed E-state index contributed by atoms with van der Waals surface area (Å²) in [6.45, 7) is 5.67. The first-order valence-electron chi connectivity index (χ1n) is 8.82. The van der Waals surface area contributed by atoms with Gasteiger partial charge in [-0.05, 0) is 57.6 Å². The van der Waals surface area contributed by atoms with Crippen molar-refractivity contribution < 1.29 is 13.9 Å². The number of ether oxygens (including phenoxy) is 1. The maximum Gasteiger partial charge on any atom is 0.306 e. The summed E-state index contributed by atoms with van der Waals surface area (Å²) in [5.74, 6) is 7.22. The molecule has 1 fully saturated rings. The molecule has 7 heteroatoms. The summed E-state index contributed by atoms with van der Waals surface area (Å²) in [6, 6.07) is 0. The molecule has 0 aromatic carbocycles. The van der Waals surface area contributed by atoms with Crippen molar-refractivity contribution >= 4 is 23.4 Å². The Labute approximate surface area is 159 Å². The Morgan fingerprint density at radius 2 is 2.19 bits per heavy atom. The van der Waals surface area contributed by atoms with Gasteiger partial charge in [0.15, 0.2) is 0 Å². The highest BCUT2D eigenvalue weighted by molar-refractivity contribution is 6.28. The van der Waals surface area contributed by atoms with E-state index < -0.39 is 12.3 Å². The summed E-state index contributed by atoms with van der Waals surface area (Å²) in [5.41, 5.74) is 0.198. The number of nitrogens with one attached hydrogen (secondary N) is 1. The largest absolute Gasteiger partial charge is 0.460 e. The van der Waals surface area contributed by atoms with E-state index in [2.05, 4.69) is 27.1 Å². The fourth-order valence-electron chi connectivity index (χ4n) is 2.68. The quantitative estimate of drug-likeness (QED) is 0.349. The molecule has 1 aliphatic carbocycles. The van der Waals surface area contributed by atoms with Crippen molar-refractivity contribution in [3.05, 3.63) is 17.0 Å². The number of aromatic nitrogens is 2. The molecule has 5 nitrogen and oxygen atoms in total. The Hall–Kier alpha value is -1.87. The van der Waals surface area contributed by atoms with Crippen LogP contribution in [0.1, 0.15) is 52.0 Å². The molecule has 0 radical (unpaired) electrons. The molecule has 0 bridgehead atoms. The first-order chi connectivity index (χ1) is 12.3. The van der Waals surface area contributed by atoms with Crippen LogP contribution in [0.2, 0.25) is 5.28 Å². The van der Waals surface area contributed by atoms with Gasteiger partial charge in [-0.2, -0.15) is 4.98 Å². The van der Waals surface area contributed by atoms with Gasteiger partial charge in [-0.3, -0.25) is 9.18 Å². The van der Waals surface area contributed by atoms with Gasteiger partial charge in [-0.1, -0.05) is 11.8 Å². The van der Waals surface area contributed by atoms with Crippen molar-refractivity contribution in [3.63, 3.8) is 0 Å². The second-order valence-corrected chi connectivity index (χ2v) is 7.80. The summed E-state index contributed by atoms with van der Waals surface area (Å²) in [6.07, 6.45) is 4.16. The van der Waals surface area contributed by atoms with Crippen molar-refractivity contribution in [3.8, 4) is 11.8 Å². The Bertz CT molecular complexity index is 688. The first-order valence-corrected chi connectivity index (χ1v) is 9.20. The zero-order chi connectivity index (χ0) is 19.2. The van der Waals surface area contributed by atoms with Gasteiger partial charge in [0.25, 0.3) is 0 Å². The molecule has 142 valence electrons. The lowest BCUT2D eigenvalue weighted by molar-refractivity contribution is -0.156. The van der Waals surface area contributed by atoms with Gasteiger partial charge >= 0.3 is 5.97 Å². The third-order valence-electron chi connectivity index (χ3n) is 3.88. The van der Waals surface area contributed by atoms with Crippen LogP contribution in [-0.4, -0.2) is 34.8 Å². The third-order valence-corrected chi connectivity index (χ3v) is 4.07. The van der Waals surface area contributed by atoms with Gasteiger partial charge in [-0.25, -0.2) is 4.98 Å². The number of anilines is 1. The summed E-state index contributed by atoms with van der Waals surface area (Å²) in [7, 11) is 0. The van der Waals surface area contributed by atoms with Crippen LogP contribution in [0.3, 0.4) is 0 Å². The molecule has 26 heavy (non-hydrogen) atoms. The predicted molar refractivity (Wildman–Crippen MR) is 99.7 cm³/mol. The number of esters is 1. The molecule has 1 heterocycles. The van der Waals surface area contributed by atoms with Crippen molar-refractivity contribution in [2.45, 2.75) is 52.1 Å². The van der Waals surface area contributed by atoms with Gasteiger partial charge in [0, 0.05) is 25.1 Å². The number of carbonyl (C=O) groups excluding carboxylic acids is 1. The van der Waals surface area contributed by atoms with E-state index in [-0.39, 0.29) is 17.2 Å². The minimum absolute atomic E-state index is 0.124. The zero-order valence-corrected chi connectivity index (χ0v) is 16.2. The first kappa shape index (κ1) is 20.4. The molecule has 0 unspecified atom stereocenters. The Morgan fingerprint density at radius 1 is 1.46 bits per heavy atom. The molecule has 0 atom stereocenters. The van der Waals surface area contributed by atoms with Crippen molar-refractivity contribution in [2.75, 3.05) is 18.5 Å². The highest BCUT2D eigenvalue weighted by atomic mass is 35.5. The minimum Gasteiger partial charge on any atom is -0.460 e. The number of hydrogen-bond donors (Lipinski definition) is 1. The van der Waals surface area contributed by atoms with Crippen LogP contribution in [-0.2, 0) is 9.53 Å². The van der Waals surface area contributed by atoms with Crippen LogP contribution >= 0.6 is 11.6 Å². The minimum atomic E-state index is -0.444. The van der Waals surface area contributed by atoms with Gasteiger partial charge in [0.05, 0.1) is 12.2 Å². The number of hydrogen-bond acceptors (Lipinski definition) is 5. The summed E-state index contributed by atoms with van der Waals surface area (Å²) in [5, 5.41) is 3.16. The maximum atomic E-state index is 12.2. The average molecular weight is 382 g/mol. The number of alkyl halides is 1. The van der Waals surface area contributed by atoms with Gasteiger partial charge in [0.1, 0.15) is 11.4 Å². The molecule has 1 aromatic rings. The third kappa shape index (κ3) is 6.80. The molecule has 2 rings (SSSR count). The molecular weight excluding hydrogens is 357 g/mol. The smallest absolute Gasteiger partial charge is 0.306 e. The van der Waals surface area contributed by atoms with Gasteiger partial charge in [0.2, 0.25) is 5.28 Å². The van der Waals surface area contributed by atoms with E-state index in [1.165, 1.54) is 0 Å². The van der Waals surface area contributed by atoms with Crippen LogP contribution < -0.4 is 5.32 Å². The summed E-state index contributed by atoms with van der Waals surface area (Å²) >= 11 is 5.82. The molecule has 1 aromatic heterocycles. The van der Waals surface area contributed by atoms with Crippen LogP contribution in [0.15, 0.2) is 6.20 Å². The van der Waals surface area contributed by atoms with Crippen molar-refractivity contribution in [2.24, 2.45) is 11.8 Å². The Morgan fingerprint density at radius 3 is 2.85 bits per heavy atom. The van der Waals surface area contributed by atoms with Crippen LogP contribution in [0.25, 0.3) is 0 Å². The molecule has 1 aliphatic rings. The molecule has 1 saturated carbocycles. The Balaban J connectivity index is 1.86. The molecule has 0 spiro atoms. The zero-order valence-electron chi connectivity index (χ0n) is 15.4. The van der Waals surface area contributed by atoms with Crippen LogP contribution in [0.5, 0.6) is 0 Å². The van der Waals surface area contributed by atoms with Crippen LogP contribution in [0, 0.1) is 23.7 Å². The summed E-state index contributed by atoms with van der Waals surface area (Å²) < 4.78 is 17.6. The lowest BCUT2D eigenvalue weighted by Crippen LogP contribution is -2.29. The second kappa shape index (κ2) is 9.18. The molecule has 1 N–H and O–H groups in total. The highest BCUT2D eigenvalue weighted by Gasteiger charge is 2.31. The highest BCUT2D eigenvalue weighted by Crippen LogP contribution is 2.36. The average Bonchev–Trinajstić information content (AvgIpc) is 2.49. The SMILES string of the molecule is CC(C)(C)OC(=O)CC1CC(C#Cc2cnc(Cl)nc2NCCCF)C1. The predicted octanol–water partition coefficient (Wildman–Crippen LogP) is 4.01. The van der Waals surface area contributed by atoms with E-state index in [1.807, 2.05) is 20.8 Å². The Kier molecular flexibility index (Phi) is 7.22. The van der Waals surface area contributed by atoms with E-state index in [9.17, 15) is 9.18 Å². The van der Waals surface area contributed by atoms with E-state index >= 15 is 0 Å². The fourth-order valence-corrected chi connectivity index (χ4v) is 2.81. The normalized spacial score (nSPS) is 19.1. The molecule has 0 amide bonds. The number of nitrogens with zero attached hydrogens (tertiary/aromatic N) is 2. The fraction of sp³-hybridized carbons (Fsp3) is 0.632. The number of rotatable bonds is 6. The van der Waals surface area contributed by atoms with E-state index in [0.717, 1.165) is 12.8 Å². The second-order valence-electron chi connectivity index (χ2n) is 7.46. The van der Waals surface area contributed by atoms with Crippen LogP contribution in [0.4, 0.5) is 10.2 Å². The topological polar surface area (TPSA) is 64.1 Å². The number of carbonyl (C=O) groups is 1. The van der Waals surface area contributed by atoms with E-state index in [4.69, 9.17) is 16.3 Å². The van der Waals surface area contributed by atoms with Gasteiger partial charge in [-0.15, -0.1) is 0 Å². The summed E-state index contributed by atoms with van der Waals surface area (Å²) in [4.78, 5) is 19.9. The van der Waals surface area contributed by atoms with Crippen molar-refractivity contribution in [1.82, 2.24) is 9.97 Å². The molecule has 0 saturated heterocycles. The standard InChI is InChI=1S/C19H25ClFN3O2/c1-19(2,3)26-16(25)11-14-9-13(10-14)5-6-15-12-23-18(20)24-17(15)22-8-4-7-21/h12-14H,4,7-11H2,1-3H3,(H,22,23,24). The van der Waals surface area contributed by atoms with E-state index in [1.54, 1.807) is 6.20 Å². The lowest BCUT2D eigenvalue weighted by Gasteiger charge is -2.32. The number of halogens is 2. The monoisotopic (exact) mass is 381 g/mol.